The summed E-state index contributed by atoms with van der Waals surface area (Å²) < 4.78 is 9.52. The quantitative estimate of drug-likeness (QED) is 0.185. The lowest BCUT2D eigenvalue weighted by Crippen LogP contribution is -2.42. The summed E-state index contributed by atoms with van der Waals surface area (Å²) in [5.41, 5.74) is 11.1. The van der Waals surface area contributed by atoms with Crippen LogP contribution in [-0.4, -0.2) is 38.9 Å². The van der Waals surface area contributed by atoms with Crippen molar-refractivity contribution in [1.29, 1.82) is 0 Å². The van der Waals surface area contributed by atoms with E-state index < -0.39 is 0 Å². The van der Waals surface area contributed by atoms with Crippen LogP contribution in [0.4, 0.5) is 0 Å². The summed E-state index contributed by atoms with van der Waals surface area (Å²) in [4.78, 5) is 13.3. The zero-order valence-electron chi connectivity index (χ0n) is 35.3. The number of aliphatic imine (C=N–C) groups is 1. The Morgan fingerprint density at radius 1 is 0.759 bits per heavy atom. The second-order valence-electron chi connectivity index (χ2n) is 20.5. The third-order valence-corrected chi connectivity index (χ3v) is 12.9. The van der Waals surface area contributed by atoms with Crippen LogP contribution < -0.4 is 4.74 Å². The monoisotopic (exact) mass is 722 g/mol. The van der Waals surface area contributed by atoms with Crippen molar-refractivity contribution >= 4 is 27.6 Å². The summed E-state index contributed by atoms with van der Waals surface area (Å²) in [6, 6.07) is 19.4. The molecule has 1 atom stereocenters. The van der Waals surface area contributed by atoms with Gasteiger partial charge in [-0.15, -0.1) is 0 Å². The van der Waals surface area contributed by atoms with Crippen molar-refractivity contribution in [2.75, 3.05) is 6.54 Å². The van der Waals surface area contributed by atoms with E-state index in [1.54, 1.807) is 0 Å². The first-order valence-electron chi connectivity index (χ1n) is 20.5. The largest absolute Gasteiger partial charge is 0.457 e. The predicted octanol–water partition coefficient (Wildman–Crippen LogP) is 12.6. The Kier molecular flexibility index (Phi) is 8.49. The van der Waals surface area contributed by atoms with Crippen LogP contribution in [0, 0.1) is 19.3 Å². The molecular weight excluding hydrogens is 661 g/mol. The van der Waals surface area contributed by atoms with Crippen molar-refractivity contribution in [1.82, 2.24) is 14.5 Å². The molecule has 1 aliphatic carbocycles. The highest BCUT2D eigenvalue weighted by atomic mass is 16.5. The molecule has 0 radical (unpaired) electrons. The second-order valence-corrected chi connectivity index (χ2v) is 20.5. The Morgan fingerprint density at radius 2 is 1.44 bits per heavy atom. The normalized spacial score (nSPS) is 19.1. The van der Waals surface area contributed by atoms with E-state index in [4.69, 9.17) is 14.7 Å². The van der Waals surface area contributed by atoms with Gasteiger partial charge in [0.1, 0.15) is 23.2 Å². The number of hydrogen-bond donors (Lipinski definition) is 0. The molecule has 3 aromatic carbocycles. The van der Waals surface area contributed by atoms with E-state index >= 15 is 0 Å². The number of benzene rings is 3. The Morgan fingerprint density at radius 3 is 2.11 bits per heavy atom. The highest BCUT2D eigenvalue weighted by Crippen LogP contribution is 2.50. The van der Waals surface area contributed by atoms with Crippen LogP contribution in [0.1, 0.15) is 147 Å². The van der Waals surface area contributed by atoms with E-state index in [0.717, 1.165) is 40.8 Å². The van der Waals surface area contributed by atoms with Gasteiger partial charge < -0.3 is 9.64 Å². The zero-order valence-corrected chi connectivity index (χ0v) is 35.3. The van der Waals surface area contributed by atoms with E-state index in [2.05, 4.69) is 148 Å². The third kappa shape index (κ3) is 6.05. The SMILES string of the molecule is Cc1cc2c3cc(C(C)(C)C)cc4c3n(c2cc1Oc1cc(C2=N[C@H](C(C)(C)C)CN2C2CCCCC2)cc(C(C)(C)C)c1)-c1nccc(C)c1C4(C)C. The molecule has 1 fully saturated rings. The number of ether oxygens (including phenoxy) is 1. The number of rotatable bonds is 4. The fraction of sp³-hybridized carbons (Fsp3) is 0.510. The van der Waals surface area contributed by atoms with Gasteiger partial charge in [-0.05, 0) is 107 Å². The smallest absolute Gasteiger partial charge is 0.141 e. The molecule has 0 spiro atoms. The second kappa shape index (κ2) is 12.4. The van der Waals surface area contributed by atoms with Crippen molar-refractivity contribution in [2.24, 2.45) is 10.4 Å². The van der Waals surface area contributed by atoms with Gasteiger partial charge in [0.2, 0.25) is 0 Å². The van der Waals surface area contributed by atoms with Gasteiger partial charge in [0, 0.05) is 52.2 Å². The Balaban J connectivity index is 1.31. The molecule has 284 valence electrons. The van der Waals surface area contributed by atoms with Crippen LogP contribution in [0.15, 0.2) is 59.7 Å². The van der Waals surface area contributed by atoms with Crippen LogP contribution in [0.2, 0.25) is 0 Å². The predicted molar refractivity (Wildman–Crippen MR) is 227 cm³/mol. The van der Waals surface area contributed by atoms with E-state index in [1.807, 2.05) is 6.20 Å². The average molecular weight is 723 g/mol. The summed E-state index contributed by atoms with van der Waals surface area (Å²) in [6.45, 7) is 31.0. The Labute approximate surface area is 324 Å². The molecule has 0 bridgehead atoms. The van der Waals surface area contributed by atoms with E-state index in [9.17, 15) is 0 Å². The molecule has 0 N–H and O–H groups in total. The number of fused-ring (bicyclic) bond motifs is 5. The van der Waals surface area contributed by atoms with Gasteiger partial charge >= 0.3 is 0 Å². The molecule has 5 aromatic rings. The fourth-order valence-corrected chi connectivity index (χ4v) is 9.44. The number of aryl methyl sites for hydroxylation is 2. The van der Waals surface area contributed by atoms with Crippen molar-refractivity contribution < 1.29 is 4.74 Å². The maximum absolute atomic E-state index is 7.10. The molecule has 0 unspecified atom stereocenters. The molecule has 3 aliphatic rings. The topological polar surface area (TPSA) is 42.6 Å². The lowest BCUT2D eigenvalue weighted by molar-refractivity contribution is 0.218. The molecule has 5 nitrogen and oxygen atoms in total. The molecule has 4 heterocycles. The molecule has 54 heavy (non-hydrogen) atoms. The Hall–Kier alpha value is -4.12. The number of amidine groups is 1. The van der Waals surface area contributed by atoms with Crippen molar-refractivity contribution in [3.05, 3.63) is 93.7 Å². The third-order valence-electron chi connectivity index (χ3n) is 12.9. The highest BCUT2D eigenvalue weighted by molar-refractivity contribution is 6.12. The minimum absolute atomic E-state index is 0.0103. The van der Waals surface area contributed by atoms with Gasteiger partial charge in [-0.3, -0.25) is 9.56 Å². The summed E-state index contributed by atoms with van der Waals surface area (Å²) in [7, 11) is 0. The molecule has 5 heteroatoms. The lowest BCUT2D eigenvalue weighted by atomic mass is 9.72. The molecule has 8 rings (SSSR count). The minimum atomic E-state index is -0.198. The standard InChI is InChI=1S/C49H62N4O/c1-29-19-20-50-45-42(29)49(12,13)38-26-33(47(6,7)8)25-37-36-21-30(2)40(27-39(36)53(45)43(37)38)54-35-23-31(22-32(24-35)46(3,4)5)44-51-41(48(9,10)11)28-52(44)34-17-15-14-16-18-34/h19-27,34,41H,14-18,28H2,1-13H3/t41-/m0/s1. The van der Waals surface area contributed by atoms with Crippen molar-refractivity contribution in [3.8, 4) is 17.3 Å². The maximum Gasteiger partial charge on any atom is 0.141 e. The van der Waals surface area contributed by atoms with Gasteiger partial charge in [0.25, 0.3) is 0 Å². The van der Waals surface area contributed by atoms with E-state index in [-0.39, 0.29) is 27.7 Å². The van der Waals surface area contributed by atoms with Crippen LogP contribution in [0.3, 0.4) is 0 Å². The molecule has 0 amide bonds. The van der Waals surface area contributed by atoms with Gasteiger partial charge in [-0.2, -0.15) is 0 Å². The van der Waals surface area contributed by atoms with Crippen LogP contribution in [0.5, 0.6) is 11.5 Å². The van der Waals surface area contributed by atoms with E-state index in [0.29, 0.717) is 6.04 Å². The summed E-state index contributed by atoms with van der Waals surface area (Å²) in [6.07, 6.45) is 8.42. The molecule has 2 aliphatic heterocycles. The van der Waals surface area contributed by atoms with Crippen LogP contribution in [-0.2, 0) is 16.2 Å². The number of pyridine rings is 1. The van der Waals surface area contributed by atoms with Crippen LogP contribution in [0.25, 0.3) is 27.6 Å². The van der Waals surface area contributed by atoms with Gasteiger partial charge in [0.15, 0.2) is 0 Å². The first kappa shape index (κ1) is 36.8. The summed E-state index contributed by atoms with van der Waals surface area (Å²) in [5.74, 6) is 3.92. The molecular formula is C49H62N4O. The first-order valence-corrected chi connectivity index (χ1v) is 20.5. The maximum atomic E-state index is 7.10. The van der Waals surface area contributed by atoms with Gasteiger partial charge in [-0.1, -0.05) is 101 Å². The Bertz CT molecular complexity index is 2330. The van der Waals surface area contributed by atoms with Gasteiger partial charge in [0.05, 0.1) is 17.1 Å². The zero-order chi connectivity index (χ0) is 38.7. The van der Waals surface area contributed by atoms with Crippen molar-refractivity contribution in [2.45, 2.75) is 150 Å². The first-order chi connectivity index (χ1) is 25.2. The number of aromatic nitrogens is 2. The summed E-state index contributed by atoms with van der Waals surface area (Å²) >= 11 is 0. The average Bonchev–Trinajstić information content (AvgIpc) is 3.68. The molecule has 1 saturated carbocycles. The van der Waals surface area contributed by atoms with Crippen LogP contribution >= 0.6 is 0 Å². The van der Waals surface area contributed by atoms with Crippen molar-refractivity contribution in [3.63, 3.8) is 0 Å². The summed E-state index contributed by atoms with van der Waals surface area (Å²) in [5, 5.41) is 2.53. The highest BCUT2D eigenvalue weighted by Gasteiger charge is 2.40. The molecule has 0 saturated heterocycles. The molecule has 2 aromatic heterocycles. The number of hydrogen-bond acceptors (Lipinski definition) is 4. The van der Waals surface area contributed by atoms with Gasteiger partial charge in [-0.25, -0.2) is 4.98 Å². The fourth-order valence-electron chi connectivity index (χ4n) is 9.44. The number of nitrogens with zero attached hydrogens (tertiary/aromatic N) is 4. The minimum Gasteiger partial charge on any atom is -0.457 e. The lowest BCUT2D eigenvalue weighted by Gasteiger charge is -2.36. The van der Waals surface area contributed by atoms with E-state index in [1.165, 1.54) is 81.8 Å².